The number of fused-ring (bicyclic) bond motifs is 2. The van der Waals surface area contributed by atoms with Crippen molar-refractivity contribution in [2.75, 3.05) is 29.2 Å². The molecule has 3 heterocycles. The highest BCUT2D eigenvalue weighted by atomic mass is 35.5. The van der Waals surface area contributed by atoms with E-state index >= 15 is 0 Å². The van der Waals surface area contributed by atoms with Crippen LogP contribution in [0.1, 0.15) is 31.9 Å². The number of hydrogen-bond donors (Lipinski definition) is 2. The number of nitrogens with zero attached hydrogens (tertiary/aromatic N) is 3. The highest BCUT2D eigenvalue weighted by molar-refractivity contribution is 6.31. The van der Waals surface area contributed by atoms with Gasteiger partial charge in [-0.2, -0.15) is 0 Å². The van der Waals surface area contributed by atoms with Crippen molar-refractivity contribution in [1.29, 1.82) is 0 Å². The van der Waals surface area contributed by atoms with Crippen molar-refractivity contribution in [3.05, 3.63) is 77.1 Å². The number of benzene rings is 2. The van der Waals surface area contributed by atoms with E-state index in [1.807, 2.05) is 45.0 Å². The Balaban J connectivity index is 1.34. The molecule has 10 heteroatoms. The molecule has 0 aliphatic carbocycles. The van der Waals surface area contributed by atoms with Crippen LogP contribution in [0.15, 0.2) is 60.9 Å². The number of hydrogen-bond acceptors (Lipinski definition) is 6. The summed E-state index contributed by atoms with van der Waals surface area (Å²) in [5, 5.41) is 7.17. The zero-order valence-electron chi connectivity index (χ0n) is 22.2. The monoisotopic (exact) mass is 547 g/mol. The van der Waals surface area contributed by atoms with Crippen LogP contribution in [0.3, 0.4) is 0 Å². The van der Waals surface area contributed by atoms with Crippen LogP contribution in [0.5, 0.6) is 5.75 Å². The third-order valence-corrected chi connectivity index (χ3v) is 6.65. The molecule has 5 rings (SSSR count). The van der Waals surface area contributed by atoms with Crippen molar-refractivity contribution >= 4 is 51.8 Å². The topological polar surface area (TPSA) is 97.7 Å². The van der Waals surface area contributed by atoms with Gasteiger partial charge in [-0.1, -0.05) is 17.7 Å². The second-order valence-corrected chi connectivity index (χ2v) is 10.7. The third-order valence-electron chi connectivity index (χ3n) is 6.41. The van der Waals surface area contributed by atoms with Crippen molar-refractivity contribution in [2.45, 2.75) is 39.3 Å². The van der Waals surface area contributed by atoms with Gasteiger partial charge < -0.3 is 25.0 Å². The van der Waals surface area contributed by atoms with E-state index in [9.17, 15) is 9.59 Å². The first-order chi connectivity index (χ1) is 18.6. The largest absolute Gasteiger partial charge is 0.495 e. The number of rotatable bonds is 5. The van der Waals surface area contributed by atoms with E-state index in [0.717, 1.165) is 40.9 Å². The molecular weight excluding hydrogens is 518 g/mol. The number of urea groups is 1. The lowest BCUT2D eigenvalue weighted by Gasteiger charge is -2.21. The summed E-state index contributed by atoms with van der Waals surface area (Å²) < 4.78 is 12.3. The minimum Gasteiger partial charge on any atom is -0.495 e. The number of methoxy groups -OCH3 is 1. The Morgan fingerprint density at radius 2 is 1.87 bits per heavy atom. The van der Waals surface area contributed by atoms with E-state index in [1.165, 1.54) is 11.7 Å². The number of carbonyl (C=O) groups is 2. The van der Waals surface area contributed by atoms with Crippen LogP contribution >= 0.6 is 11.6 Å². The molecule has 0 saturated heterocycles. The molecule has 202 valence electrons. The van der Waals surface area contributed by atoms with Gasteiger partial charge >= 0.3 is 12.1 Å². The van der Waals surface area contributed by atoms with Crippen LogP contribution in [0.25, 0.3) is 11.0 Å². The Bertz CT molecular complexity index is 1560. The van der Waals surface area contributed by atoms with E-state index in [2.05, 4.69) is 26.6 Å². The van der Waals surface area contributed by atoms with Gasteiger partial charge in [0.25, 0.3) is 0 Å². The van der Waals surface area contributed by atoms with Gasteiger partial charge in [-0.15, -0.1) is 0 Å². The first kappa shape index (κ1) is 26.4. The summed E-state index contributed by atoms with van der Waals surface area (Å²) >= 11 is 6.09. The van der Waals surface area contributed by atoms with Crippen LogP contribution in [0.2, 0.25) is 5.02 Å². The summed E-state index contributed by atoms with van der Waals surface area (Å²) in [4.78, 5) is 32.2. The summed E-state index contributed by atoms with van der Waals surface area (Å²) in [6, 6.07) is 14.4. The number of anilines is 3. The minimum atomic E-state index is -0.604. The van der Waals surface area contributed by atoms with Gasteiger partial charge in [-0.25, -0.2) is 19.1 Å². The maximum absolute atomic E-state index is 12.8. The zero-order chi connectivity index (χ0) is 27.7. The van der Waals surface area contributed by atoms with Crippen molar-refractivity contribution in [3.63, 3.8) is 0 Å². The molecule has 1 aliphatic heterocycles. The fourth-order valence-electron chi connectivity index (χ4n) is 4.73. The summed E-state index contributed by atoms with van der Waals surface area (Å²) in [6.07, 6.45) is 3.72. The number of carbonyl (C=O) groups excluding carboxylic acids is 2. The second-order valence-electron chi connectivity index (χ2n) is 10.3. The van der Waals surface area contributed by atoms with Gasteiger partial charge in [0.05, 0.1) is 12.8 Å². The quantitative estimate of drug-likeness (QED) is 0.289. The molecule has 0 unspecified atom stereocenters. The van der Waals surface area contributed by atoms with Gasteiger partial charge in [-0.3, -0.25) is 0 Å². The smallest absolute Gasteiger partial charge is 0.420 e. The molecule has 0 fully saturated rings. The summed E-state index contributed by atoms with van der Waals surface area (Å²) in [6.45, 7) is 6.91. The number of aromatic nitrogens is 2. The van der Waals surface area contributed by atoms with Crippen LogP contribution in [0.4, 0.5) is 26.7 Å². The Hall–Kier alpha value is -4.24. The Kier molecular flexibility index (Phi) is 7.10. The minimum absolute atomic E-state index is 0.387. The molecule has 9 nitrogen and oxygen atoms in total. The van der Waals surface area contributed by atoms with E-state index in [0.29, 0.717) is 28.7 Å². The molecule has 2 amide bonds. The molecule has 2 aromatic carbocycles. The first-order valence-electron chi connectivity index (χ1n) is 12.6. The van der Waals surface area contributed by atoms with Crippen LogP contribution in [-0.2, 0) is 17.7 Å². The molecular formula is C29H30ClN5O4. The number of nitrogens with one attached hydrogen (secondary N) is 2. The van der Waals surface area contributed by atoms with Gasteiger partial charge in [0.1, 0.15) is 17.0 Å². The van der Waals surface area contributed by atoms with Crippen LogP contribution in [-0.4, -0.2) is 40.9 Å². The first-order valence-corrected chi connectivity index (χ1v) is 13.0. The normalized spacial score (nSPS) is 12.8. The standard InChI is InChI=1S/C29H30ClN5O4/c1-29(2,3)39-28(37)35-15-12-20-18(10-13-31-26(20)35)17-34-14-11-21-22(6-5-7-24(21)34)32-27(36)33-23-16-19(30)8-9-25(23)38-4/h5-10,12-13,15-16H,11,14,17H2,1-4H3,(H2,32,33,36). The highest BCUT2D eigenvalue weighted by Gasteiger charge is 2.25. The highest BCUT2D eigenvalue weighted by Crippen LogP contribution is 2.36. The van der Waals surface area contributed by atoms with Gasteiger partial charge in [0.15, 0.2) is 0 Å². The average molecular weight is 548 g/mol. The molecule has 0 saturated carbocycles. The second kappa shape index (κ2) is 10.5. The van der Waals surface area contributed by atoms with Crippen molar-refractivity contribution in [3.8, 4) is 5.75 Å². The fraction of sp³-hybridized carbons (Fsp3) is 0.276. The molecule has 0 bridgehead atoms. The molecule has 4 aromatic rings. The lowest BCUT2D eigenvalue weighted by molar-refractivity contribution is 0.0543. The molecule has 2 N–H and O–H groups in total. The van der Waals surface area contributed by atoms with Gasteiger partial charge in [0, 0.05) is 52.8 Å². The van der Waals surface area contributed by atoms with Crippen molar-refractivity contribution < 1.29 is 19.1 Å². The van der Waals surface area contributed by atoms with Gasteiger partial charge in [0.2, 0.25) is 0 Å². The summed E-state index contributed by atoms with van der Waals surface area (Å²) in [5.74, 6) is 0.517. The maximum atomic E-state index is 12.8. The molecule has 0 spiro atoms. The molecule has 39 heavy (non-hydrogen) atoms. The molecule has 0 atom stereocenters. The fourth-order valence-corrected chi connectivity index (χ4v) is 4.90. The lowest BCUT2D eigenvalue weighted by atomic mass is 10.1. The molecule has 1 aliphatic rings. The Morgan fingerprint density at radius 1 is 1.08 bits per heavy atom. The number of ether oxygens (including phenoxy) is 2. The number of halogens is 1. The molecule has 0 radical (unpaired) electrons. The van der Waals surface area contributed by atoms with Crippen molar-refractivity contribution in [1.82, 2.24) is 9.55 Å². The summed E-state index contributed by atoms with van der Waals surface area (Å²) in [5.41, 5.74) is 4.32. The van der Waals surface area contributed by atoms with E-state index < -0.39 is 11.7 Å². The maximum Gasteiger partial charge on any atom is 0.420 e. The van der Waals surface area contributed by atoms with E-state index in [-0.39, 0.29) is 6.03 Å². The number of pyridine rings is 1. The van der Waals surface area contributed by atoms with Crippen LogP contribution in [0, 0.1) is 0 Å². The Labute approximate surface area is 231 Å². The predicted molar refractivity (Wildman–Crippen MR) is 153 cm³/mol. The van der Waals surface area contributed by atoms with Gasteiger partial charge in [-0.05, 0) is 75.2 Å². The lowest BCUT2D eigenvalue weighted by Crippen LogP contribution is -2.27. The van der Waals surface area contributed by atoms with E-state index in [1.54, 1.807) is 30.6 Å². The van der Waals surface area contributed by atoms with Crippen molar-refractivity contribution in [2.24, 2.45) is 0 Å². The zero-order valence-corrected chi connectivity index (χ0v) is 23.0. The number of amides is 2. The predicted octanol–water partition coefficient (Wildman–Crippen LogP) is 6.69. The SMILES string of the molecule is COc1ccc(Cl)cc1NC(=O)Nc1cccc2c1CCN2Cc1ccnc2c1ccn2C(=O)OC(C)(C)C. The Morgan fingerprint density at radius 3 is 2.64 bits per heavy atom. The third kappa shape index (κ3) is 5.63. The van der Waals surface area contributed by atoms with Crippen LogP contribution < -0.4 is 20.3 Å². The average Bonchev–Trinajstić information content (AvgIpc) is 3.49. The summed E-state index contributed by atoms with van der Waals surface area (Å²) in [7, 11) is 1.54. The molecule has 2 aromatic heterocycles. The van der Waals surface area contributed by atoms with E-state index in [4.69, 9.17) is 21.1 Å².